The van der Waals surface area contributed by atoms with Gasteiger partial charge in [0.2, 0.25) is 5.95 Å². The smallest absolute Gasteiger partial charge is 0.246 e. The summed E-state index contributed by atoms with van der Waals surface area (Å²) in [5.41, 5.74) is 2.96. The van der Waals surface area contributed by atoms with E-state index in [0.29, 0.717) is 17.3 Å². The summed E-state index contributed by atoms with van der Waals surface area (Å²) in [7, 11) is 0. The van der Waals surface area contributed by atoms with Gasteiger partial charge in [0, 0.05) is 12.1 Å². The van der Waals surface area contributed by atoms with Gasteiger partial charge in [0.05, 0.1) is 0 Å². The average Bonchev–Trinajstić information content (AvgIpc) is 3.11. The lowest BCUT2D eigenvalue weighted by Gasteiger charge is -2.05. The van der Waals surface area contributed by atoms with Crippen molar-refractivity contribution in [2.45, 2.75) is 26.7 Å². The van der Waals surface area contributed by atoms with Crippen LogP contribution in [0.5, 0.6) is 0 Å². The zero-order valence-electron chi connectivity index (χ0n) is 10.4. The van der Waals surface area contributed by atoms with Crippen molar-refractivity contribution in [2.24, 2.45) is 5.92 Å². The number of hydrogen-bond acceptors (Lipinski definition) is 5. The number of nitrogens with one attached hydrogen (secondary N) is 1. The quantitative estimate of drug-likeness (QED) is 0.880. The molecule has 0 aliphatic heterocycles. The maximum Gasteiger partial charge on any atom is 0.246 e. The molecule has 2 aromatic heterocycles. The van der Waals surface area contributed by atoms with Gasteiger partial charge in [-0.05, 0) is 38.2 Å². The molecule has 2 heterocycles. The van der Waals surface area contributed by atoms with E-state index in [1.165, 1.54) is 12.8 Å². The molecule has 0 bridgehead atoms. The van der Waals surface area contributed by atoms with E-state index in [-0.39, 0.29) is 0 Å². The standard InChI is InChI=1S/C12H14N6/c1-7-8(2)11-15-16-12(14-6-9-3-4-9)18(11)17-10(7)5-13/h9H,3-4,6H2,1-2H3,(H,14,16). The molecule has 0 aromatic carbocycles. The van der Waals surface area contributed by atoms with Gasteiger partial charge >= 0.3 is 0 Å². The van der Waals surface area contributed by atoms with E-state index >= 15 is 0 Å². The normalized spacial score (nSPS) is 14.7. The highest BCUT2D eigenvalue weighted by molar-refractivity contribution is 5.55. The largest absolute Gasteiger partial charge is 0.353 e. The highest BCUT2D eigenvalue weighted by atomic mass is 15.4. The Hall–Kier alpha value is -2.16. The Balaban J connectivity index is 2.05. The highest BCUT2D eigenvalue weighted by Crippen LogP contribution is 2.28. The van der Waals surface area contributed by atoms with Crippen molar-refractivity contribution in [3.63, 3.8) is 0 Å². The lowest BCUT2D eigenvalue weighted by Crippen LogP contribution is -2.09. The summed E-state index contributed by atoms with van der Waals surface area (Å²) in [4.78, 5) is 0. The Kier molecular flexibility index (Phi) is 2.40. The minimum absolute atomic E-state index is 0.425. The zero-order valence-corrected chi connectivity index (χ0v) is 10.4. The predicted octanol–water partition coefficient (Wildman–Crippen LogP) is 1.43. The average molecular weight is 242 g/mol. The van der Waals surface area contributed by atoms with Gasteiger partial charge in [-0.15, -0.1) is 10.2 Å². The van der Waals surface area contributed by atoms with Crippen molar-refractivity contribution in [2.75, 3.05) is 11.9 Å². The SMILES string of the molecule is Cc1c(C#N)nn2c(NCC3CC3)nnc2c1C. The molecule has 92 valence electrons. The van der Waals surface area contributed by atoms with E-state index in [2.05, 4.69) is 26.7 Å². The summed E-state index contributed by atoms with van der Waals surface area (Å²) < 4.78 is 1.63. The van der Waals surface area contributed by atoms with Crippen LogP contribution in [0.25, 0.3) is 5.65 Å². The van der Waals surface area contributed by atoms with Crippen LogP contribution in [0.1, 0.15) is 29.7 Å². The van der Waals surface area contributed by atoms with E-state index in [1.807, 2.05) is 13.8 Å². The van der Waals surface area contributed by atoms with Gasteiger partial charge in [-0.25, -0.2) is 0 Å². The molecule has 0 radical (unpaired) electrons. The maximum absolute atomic E-state index is 9.07. The molecule has 1 aliphatic carbocycles. The van der Waals surface area contributed by atoms with E-state index in [9.17, 15) is 0 Å². The van der Waals surface area contributed by atoms with Crippen LogP contribution in [0, 0.1) is 31.1 Å². The number of nitriles is 1. The lowest BCUT2D eigenvalue weighted by atomic mass is 10.1. The molecule has 6 heteroatoms. The maximum atomic E-state index is 9.07. The Morgan fingerprint density at radius 3 is 2.78 bits per heavy atom. The number of nitrogens with zero attached hydrogens (tertiary/aromatic N) is 5. The minimum atomic E-state index is 0.425. The van der Waals surface area contributed by atoms with Gasteiger partial charge in [0.1, 0.15) is 6.07 Å². The van der Waals surface area contributed by atoms with Gasteiger partial charge < -0.3 is 5.32 Å². The summed E-state index contributed by atoms with van der Waals surface area (Å²) in [6.07, 6.45) is 2.55. The zero-order chi connectivity index (χ0) is 12.7. The Bertz CT molecular complexity index is 647. The third-order valence-electron chi connectivity index (χ3n) is 3.45. The number of aryl methyl sites for hydroxylation is 1. The number of fused-ring (bicyclic) bond motifs is 1. The van der Waals surface area contributed by atoms with Crippen LogP contribution in [0.2, 0.25) is 0 Å². The van der Waals surface area contributed by atoms with Crippen LogP contribution in [-0.4, -0.2) is 26.4 Å². The number of anilines is 1. The molecule has 1 fully saturated rings. The lowest BCUT2D eigenvalue weighted by molar-refractivity contribution is 0.841. The van der Waals surface area contributed by atoms with Crippen LogP contribution in [0.3, 0.4) is 0 Å². The number of rotatable bonds is 3. The monoisotopic (exact) mass is 242 g/mol. The van der Waals surface area contributed by atoms with Crippen LogP contribution in [0.4, 0.5) is 5.95 Å². The van der Waals surface area contributed by atoms with Crippen LogP contribution >= 0.6 is 0 Å². The Labute approximate surface area is 105 Å². The molecule has 1 N–H and O–H groups in total. The van der Waals surface area contributed by atoms with Crippen molar-refractivity contribution in [3.05, 3.63) is 16.8 Å². The fourth-order valence-electron chi connectivity index (χ4n) is 1.90. The molecule has 0 amide bonds. The third kappa shape index (κ3) is 1.68. The minimum Gasteiger partial charge on any atom is -0.353 e. The van der Waals surface area contributed by atoms with Crippen LogP contribution < -0.4 is 5.32 Å². The summed E-state index contributed by atoms with van der Waals surface area (Å²) in [5.74, 6) is 1.37. The summed E-state index contributed by atoms with van der Waals surface area (Å²) in [6, 6.07) is 2.11. The van der Waals surface area contributed by atoms with Gasteiger partial charge in [-0.3, -0.25) is 0 Å². The first-order chi connectivity index (χ1) is 8.70. The fourth-order valence-corrected chi connectivity index (χ4v) is 1.90. The molecular formula is C12H14N6. The Morgan fingerprint density at radius 2 is 2.11 bits per heavy atom. The molecule has 1 saturated carbocycles. The molecule has 1 aliphatic rings. The van der Waals surface area contributed by atoms with E-state index in [0.717, 1.165) is 23.6 Å². The molecular weight excluding hydrogens is 228 g/mol. The molecule has 6 nitrogen and oxygen atoms in total. The second-order valence-corrected chi connectivity index (χ2v) is 4.79. The van der Waals surface area contributed by atoms with Crippen molar-refractivity contribution in [3.8, 4) is 6.07 Å². The number of aromatic nitrogens is 4. The van der Waals surface area contributed by atoms with Gasteiger partial charge in [-0.2, -0.15) is 14.9 Å². The van der Waals surface area contributed by atoms with Gasteiger partial charge in [0.15, 0.2) is 11.3 Å². The molecule has 0 saturated heterocycles. The fraction of sp³-hybridized carbons (Fsp3) is 0.500. The van der Waals surface area contributed by atoms with Crippen molar-refractivity contribution in [1.82, 2.24) is 19.8 Å². The number of hydrogen-bond donors (Lipinski definition) is 1. The summed E-state index contributed by atoms with van der Waals surface area (Å²) in [5, 5.41) is 24.8. The first kappa shape index (κ1) is 11.0. The van der Waals surface area contributed by atoms with Gasteiger partial charge in [-0.1, -0.05) is 0 Å². The van der Waals surface area contributed by atoms with Crippen LogP contribution in [0.15, 0.2) is 0 Å². The summed E-state index contributed by atoms with van der Waals surface area (Å²) in [6.45, 7) is 4.72. The van der Waals surface area contributed by atoms with Crippen LogP contribution in [-0.2, 0) is 0 Å². The first-order valence-corrected chi connectivity index (χ1v) is 6.07. The predicted molar refractivity (Wildman–Crippen MR) is 66.2 cm³/mol. The summed E-state index contributed by atoms with van der Waals surface area (Å²) >= 11 is 0. The molecule has 18 heavy (non-hydrogen) atoms. The first-order valence-electron chi connectivity index (χ1n) is 6.07. The third-order valence-corrected chi connectivity index (χ3v) is 3.45. The Morgan fingerprint density at radius 1 is 1.33 bits per heavy atom. The molecule has 3 rings (SSSR count). The second kappa shape index (κ2) is 3.95. The highest BCUT2D eigenvalue weighted by Gasteiger charge is 2.22. The molecule has 0 atom stereocenters. The van der Waals surface area contributed by atoms with E-state index in [1.54, 1.807) is 4.52 Å². The van der Waals surface area contributed by atoms with Gasteiger partial charge in [0.25, 0.3) is 0 Å². The van der Waals surface area contributed by atoms with E-state index in [4.69, 9.17) is 5.26 Å². The molecule has 0 spiro atoms. The van der Waals surface area contributed by atoms with Crippen molar-refractivity contribution < 1.29 is 0 Å². The molecule has 0 unspecified atom stereocenters. The van der Waals surface area contributed by atoms with Crippen molar-refractivity contribution in [1.29, 1.82) is 5.26 Å². The second-order valence-electron chi connectivity index (χ2n) is 4.79. The van der Waals surface area contributed by atoms with Crippen molar-refractivity contribution >= 4 is 11.6 Å². The topological polar surface area (TPSA) is 78.9 Å². The van der Waals surface area contributed by atoms with E-state index < -0.39 is 0 Å². The molecule has 2 aromatic rings.